The van der Waals surface area contributed by atoms with Gasteiger partial charge in [0.25, 0.3) is 0 Å². The number of amides is 1. The number of rotatable bonds is 10. The first-order chi connectivity index (χ1) is 11.4. The molecule has 132 valence electrons. The van der Waals surface area contributed by atoms with Gasteiger partial charge in [0.1, 0.15) is 6.04 Å². The van der Waals surface area contributed by atoms with Crippen LogP contribution in [0, 0.1) is 0 Å². The molecule has 0 saturated carbocycles. The van der Waals surface area contributed by atoms with Gasteiger partial charge in [-0.25, -0.2) is 4.79 Å². The third-order valence-electron chi connectivity index (χ3n) is 3.10. The Kier molecular flexibility index (Phi) is 8.59. The Morgan fingerprint density at radius 1 is 1.25 bits per heavy atom. The largest absolute Gasteiger partial charge is 0.480 e. The highest BCUT2D eigenvalue weighted by Crippen LogP contribution is 2.09. The second kappa shape index (κ2) is 10.5. The number of hydrogen-bond donors (Lipinski definition) is 5. The average molecular weight is 356 g/mol. The van der Waals surface area contributed by atoms with Crippen molar-refractivity contribution in [1.29, 1.82) is 0 Å². The molecule has 0 saturated heterocycles. The summed E-state index contributed by atoms with van der Waals surface area (Å²) in [5.41, 5.74) is 11.4. The molecule has 1 unspecified atom stereocenters. The van der Waals surface area contributed by atoms with Crippen LogP contribution >= 0.6 is 11.6 Å². The molecule has 7 N–H and O–H groups in total. The number of carboxylic acid groups (broad SMARTS) is 1. The van der Waals surface area contributed by atoms with Crippen molar-refractivity contribution in [2.45, 2.75) is 24.4 Å². The van der Waals surface area contributed by atoms with Crippen molar-refractivity contribution in [2.75, 3.05) is 13.1 Å². The van der Waals surface area contributed by atoms with Crippen molar-refractivity contribution in [1.82, 2.24) is 10.6 Å². The van der Waals surface area contributed by atoms with Crippen LogP contribution in [0.5, 0.6) is 0 Å². The monoisotopic (exact) mass is 355 g/mol. The summed E-state index contributed by atoms with van der Waals surface area (Å²) in [5.74, 6) is -1.76. The van der Waals surface area contributed by atoms with E-state index in [-0.39, 0.29) is 25.5 Å². The fourth-order valence-electron chi connectivity index (χ4n) is 1.93. The Bertz CT molecular complexity index is 563. The van der Waals surface area contributed by atoms with Gasteiger partial charge in [-0.2, -0.15) is 0 Å². The maximum Gasteiger partial charge on any atom is 0.327 e. The van der Waals surface area contributed by atoms with Gasteiger partial charge in [0, 0.05) is 13.1 Å². The molecular formula is C15H22ClN5O3. The van der Waals surface area contributed by atoms with Crippen LogP contribution in [-0.4, -0.2) is 47.5 Å². The minimum Gasteiger partial charge on any atom is -0.480 e. The number of nitrogens with zero attached hydrogens (tertiary/aromatic N) is 1. The maximum absolute atomic E-state index is 11.9. The molecule has 1 aromatic rings. The number of aliphatic carboxylic acids is 1. The molecular weight excluding hydrogens is 334 g/mol. The molecule has 0 aliphatic rings. The smallest absolute Gasteiger partial charge is 0.327 e. The lowest BCUT2D eigenvalue weighted by atomic mass is 10.1. The number of carbonyl (C=O) groups excluding carboxylic acids is 1. The predicted octanol–water partition coefficient (Wildman–Crippen LogP) is -0.383. The number of carbonyl (C=O) groups is 2. The lowest BCUT2D eigenvalue weighted by Crippen LogP contribution is -2.49. The van der Waals surface area contributed by atoms with Crippen molar-refractivity contribution in [3.8, 4) is 0 Å². The maximum atomic E-state index is 11.9. The highest BCUT2D eigenvalue weighted by molar-refractivity contribution is 6.22. The molecule has 1 rings (SSSR count). The quantitative estimate of drug-likeness (QED) is 0.220. The van der Waals surface area contributed by atoms with Gasteiger partial charge < -0.3 is 27.2 Å². The van der Waals surface area contributed by atoms with Crippen LogP contribution in [-0.2, 0) is 16.1 Å². The van der Waals surface area contributed by atoms with E-state index in [4.69, 9.17) is 23.1 Å². The number of carboxylic acids is 1. The van der Waals surface area contributed by atoms with Crippen molar-refractivity contribution >= 4 is 29.4 Å². The normalized spacial score (nSPS) is 12.9. The summed E-state index contributed by atoms with van der Waals surface area (Å²) in [6.07, 6.45) is 0.216. The molecule has 0 aliphatic heterocycles. The molecule has 0 aliphatic carbocycles. The molecule has 0 heterocycles. The fraction of sp³-hybridized carbons (Fsp3) is 0.400. The number of nitrogens with one attached hydrogen (secondary N) is 2. The summed E-state index contributed by atoms with van der Waals surface area (Å²) >= 11 is 6.03. The van der Waals surface area contributed by atoms with Gasteiger partial charge in [0.05, 0.1) is 11.9 Å². The Labute approximate surface area is 145 Å². The Hall–Kier alpha value is -2.32. The van der Waals surface area contributed by atoms with Gasteiger partial charge >= 0.3 is 5.97 Å². The molecule has 0 fully saturated rings. The molecule has 0 radical (unpaired) electrons. The minimum absolute atomic E-state index is 0.0177. The molecule has 8 nitrogen and oxygen atoms in total. The highest BCUT2D eigenvalue weighted by Gasteiger charge is 2.27. The third-order valence-corrected chi connectivity index (χ3v) is 3.57. The first-order valence-electron chi connectivity index (χ1n) is 7.36. The van der Waals surface area contributed by atoms with Gasteiger partial charge in [-0.3, -0.25) is 9.79 Å². The van der Waals surface area contributed by atoms with Crippen LogP contribution < -0.4 is 22.1 Å². The molecule has 1 amide bonds. The topological polar surface area (TPSA) is 143 Å². The number of hydrogen-bond acceptors (Lipinski definition) is 4. The van der Waals surface area contributed by atoms with E-state index >= 15 is 0 Å². The number of alkyl halides is 1. The average Bonchev–Trinajstić information content (AvgIpc) is 2.53. The molecule has 24 heavy (non-hydrogen) atoms. The number of nitrogens with two attached hydrogens (primary N) is 2. The summed E-state index contributed by atoms with van der Waals surface area (Å²) in [4.78, 5) is 26.9. The fourth-order valence-corrected chi connectivity index (χ4v) is 2.20. The zero-order valence-corrected chi connectivity index (χ0v) is 13.9. The van der Waals surface area contributed by atoms with E-state index in [1.54, 1.807) is 0 Å². The summed E-state index contributed by atoms with van der Waals surface area (Å²) in [7, 11) is 0. The zero-order chi connectivity index (χ0) is 17.9. The summed E-state index contributed by atoms with van der Waals surface area (Å²) in [6.45, 7) is 0.666. The van der Waals surface area contributed by atoms with Crippen molar-refractivity contribution in [2.24, 2.45) is 16.5 Å². The molecule has 2 atom stereocenters. The molecule has 1 aromatic carbocycles. The predicted molar refractivity (Wildman–Crippen MR) is 92.7 cm³/mol. The van der Waals surface area contributed by atoms with E-state index in [2.05, 4.69) is 15.6 Å². The zero-order valence-electron chi connectivity index (χ0n) is 13.1. The van der Waals surface area contributed by atoms with Crippen LogP contribution in [0.25, 0.3) is 0 Å². The van der Waals surface area contributed by atoms with E-state index in [0.717, 1.165) is 5.56 Å². The van der Waals surface area contributed by atoms with Gasteiger partial charge in [0.2, 0.25) is 5.91 Å². The minimum atomic E-state index is -1.22. The summed E-state index contributed by atoms with van der Waals surface area (Å²) in [6, 6.07) is 8.31. The van der Waals surface area contributed by atoms with Gasteiger partial charge in [-0.15, -0.1) is 11.6 Å². The molecule has 9 heteroatoms. The lowest BCUT2D eigenvalue weighted by Gasteiger charge is -2.19. The van der Waals surface area contributed by atoms with E-state index in [1.807, 2.05) is 30.3 Å². The number of halogens is 1. The van der Waals surface area contributed by atoms with Crippen LogP contribution in [0.15, 0.2) is 35.3 Å². The van der Waals surface area contributed by atoms with E-state index in [9.17, 15) is 14.7 Å². The van der Waals surface area contributed by atoms with Gasteiger partial charge in [0.15, 0.2) is 5.96 Å². The van der Waals surface area contributed by atoms with Crippen LogP contribution in [0.2, 0.25) is 0 Å². The highest BCUT2D eigenvalue weighted by atomic mass is 35.5. The lowest BCUT2D eigenvalue weighted by molar-refractivity contribution is -0.141. The van der Waals surface area contributed by atoms with Crippen molar-refractivity contribution in [3.63, 3.8) is 0 Å². The Morgan fingerprint density at radius 3 is 2.50 bits per heavy atom. The number of aliphatic imine (C=N–C) groups is 1. The number of guanidine groups is 1. The summed E-state index contributed by atoms with van der Waals surface area (Å²) in [5, 5.41) is 13.7. The molecule has 0 bridgehead atoms. The Morgan fingerprint density at radius 2 is 1.92 bits per heavy atom. The van der Waals surface area contributed by atoms with Crippen LogP contribution in [0.4, 0.5) is 0 Å². The standard InChI is InChI=1S/C15H22ClN5O3/c16-11(6-7-20-15(17)18)13(14(23)24)21-12(22)9-19-8-10-4-2-1-3-5-10/h1-5,11,13,19H,6-9H2,(H,21,22)(H,23,24)(H4,17,18,20)/t11?,13-/m0/s1. The summed E-state index contributed by atoms with van der Waals surface area (Å²) < 4.78 is 0. The van der Waals surface area contributed by atoms with E-state index in [1.165, 1.54) is 0 Å². The van der Waals surface area contributed by atoms with E-state index in [0.29, 0.717) is 6.54 Å². The van der Waals surface area contributed by atoms with Crippen molar-refractivity contribution in [3.05, 3.63) is 35.9 Å². The van der Waals surface area contributed by atoms with Crippen LogP contribution in [0.3, 0.4) is 0 Å². The SMILES string of the molecule is NC(N)=NCCC(Cl)[C@H](NC(=O)CNCc1ccccc1)C(=O)O. The number of benzene rings is 1. The second-order valence-electron chi connectivity index (χ2n) is 5.08. The van der Waals surface area contributed by atoms with Crippen molar-refractivity contribution < 1.29 is 14.7 Å². The second-order valence-corrected chi connectivity index (χ2v) is 5.64. The van der Waals surface area contributed by atoms with Crippen LogP contribution in [0.1, 0.15) is 12.0 Å². The van der Waals surface area contributed by atoms with Gasteiger partial charge in [-0.1, -0.05) is 30.3 Å². The first kappa shape index (κ1) is 19.7. The van der Waals surface area contributed by atoms with E-state index < -0.39 is 23.3 Å². The molecule has 0 aromatic heterocycles. The third kappa shape index (κ3) is 7.80. The Balaban J connectivity index is 2.41. The van der Waals surface area contributed by atoms with Gasteiger partial charge in [-0.05, 0) is 12.0 Å². The molecule has 0 spiro atoms. The first-order valence-corrected chi connectivity index (χ1v) is 7.80.